The van der Waals surface area contributed by atoms with E-state index >= 15 is 0 Å². The van der Waals surface area contributed by atoms with E-state index in [-0.39, 0.29) is 18.0 Å². The molecule has 2 amide bonds. The molecule has 0 radical (unpaired) electrons. The van der Waals surface area contributed by atoms with E-state index in [9.17, 15) is 9.59 Å². The van der Waals surface area contributed by atoms with Crippen LogP contribution in [0.15, 0.2) is 36.9 Å². The number of carbonyl (C=O) groups excluding carboxylic acids is 2. The highest BCUT2D eigenvalue weighted by Gasteiger charge is 2.24. The highest BCUT2D eigenvalue weighted by Crippen LogP contribution is 2.15. The molecule has 6 heteroatoms. The van der Waals surface area contributed by atoms with Crippen LogP contribution in [0.1, 0.15) is 30.1 Å². The van der Waals surface area contributed by atoms with Crippen LogP contribution in [0.2, 0.25) is 0 Å². The first-order valence-corrected chi connectivity index (χ1v) is 8.20. The van der Waals surface area contributed by atoms with Gasteiger partial charge >= 0.3 is 6.09 Å². The van der Waals surface area contributed by atoms with E-state index in [1.165, 1.54) is 0 Å². The molecule has 6 nitrogen and oxygen atoms in total. The minimum absolute atomic E-state index is 0.0693. The maximum absolute atomic E-state index is 12.3. The second-order valence-electron chi connectivity index (χ2n) is 5.56. The maximum atomic E-state index is 12.3. The summed E-state index contributed by atoms with van der Waals surface area (Å²) in [7, 11) is 0. The van der Waals surface area contributed by atoms with Crippen LogP contribution in [-0.4, -0.2) is 49.2 Å². The molecule has 2 rings (SSSR count). The summed E-state index contributed by atoms with van der Waals surface area (Å²) in [5, 5.41) is 3.01. The van der Waals surface area contributed by atoms with E-state index in [4.69, 9.17) is 9.47 Å². The van der Waals surface area contributed by atoms with Crippen LogP contribution in [0.3, 0.4) is 0 Å². The number of likely N-dealkylation sites (tertiary alicyclic amines) is 1. The standard InChI is InChI=1S/C18H24N2O4/c1-3-13-24-16-7-5-14(6-8-16)17(21)19-15-9-11-20(12-10-15)18(22)23-4-2/h3,5-8,15H,1,4,9-13H2,2H3,(H,19,21). The summed E-state index contributed by atoms with van der Waals surface area (Å²) in [6.07, 6.45) is 2.84. The van der Waals surface area contributed by atoms with Gasteiger partial charge in [0.25, 0.3) is 5.91 Å². The number of nitrogens with one attached hydrogen (secondary N) is 1. The summed E-state index contributed by atoms with van der Waals surface area (Å²) in [5.74, 6) is 0.592. The number of ether oxygens (including phenoxy) is 2. The fourth-order valence-corrected chi connectivity index (χ4v) is 2.55. The van der Waals surface area contributed by atoms with Crippen LogP contribution in [0, 0.1) is 0 Å². The molecule has 0 aliphatic carbocycles. The first-order valence-electron chi connectivity index (χ1n) is 8.20. The Kier molecular flexibility index (Phi) is 6.66. The number of amides is 2. The third kappa shape index (κ3) is 5.01. The number of nitrogens with zero attached hydrogens (tertiary/aromatic N) is 1. The second-order valence-corrected chi connectivity index (χ2v) is 5.56. The Hall–Kier alpha value is -2.50. The van der Waals surface area contributed by atoms with Gasteiger partial charge in [-0.3, -0.25) is 4.79 Å². The summed E-state index contributed by atoms with van der Waals surface area (Å²) >= 11 is 0. The van der Waals surface area contributed by atoms with Crippen LogP contribution in [0.25, 0.3) is 0 Å². The lowest BCUT2D eigenvalue weighted by atomic mass is 10.0. The molecular formula is C18H24N2O4. The molecule has 1 heterocycles. The normalized spacial score (nSPS) is 14.8. The molecule has 1 aliphatic heterocycles. The number of hydrogen-bond donors (Lipinski definition) is 1. The Morgan fingerprint density at radius 1 is 1.29 bits per heavy atom. The summed E-state index contributed by atoms with van der Waals surface area (Å²) < 4.78 is 10.4. The Morgan fingerprint density at radius 3 is 2.54 bits per heavy atom. The van der Waals surface area contributed by atoms with Gasteiger partial charge in [-0.15, -0.1) is 0 Å². The number of benzene rings is 1. The van der Waals surface area contributed by atoms with E-state index in [1.54, 1.807) is 42.2 Å². The van der Waals surface area contributed by atoms with E-state index in [1.807, 2.05) is 0 Å². The number of carbonyl (C=O) groups is 2. The molecule has 1 saturated heterocycles. The summed E-state index contributed by atoms with van der Waals surface area (Å²) in [4.78, 5) is 25.6. The van der Waals surface area contributed by atoms with Crippen molar-refractivity contribution in [2.24, 2.45) is 0 Å². The lowest BCUT2D eigenvalue weighted by Gasteiger charge is -2.31. The number of hydrogen-bond acceptors (Lipinski definition) is 4. The zero-order valence-electron chi connectivity index (χ0n) is 14.0. The van der Waals surface area contributed by atoms with Gasteiger partial charge in [-0.2, -0.15) is 0 Å². The van der Waals surface area contributed by atoms with Crippen molar-refractivity contribution >= 4 is 12.0 Å². The molecular weight excluding hydrogens is 308 g/mol. The van der Waals surface area contributed by atoms with Crippen LogP contribution in [-0.2, 0) is 4.74 Å². The van der Waals surface area contributed by atoms with Gasteiger partial charge in [-0.25, -0.2) is 4.79 Å². The van der Waals surface area contributed by atoms with Gasteiger partial charge in [0.2, 0.25) is 0 Å². The predicted octanol–water partition coefficient (Wildman–Crippen LogP) is 2.60. The quantitative estimate of drug-likeness (QED) is 0.813. The number of piperidine rings is 1. The molecule has 1 N–H and O–H groups in total. The lowest BCUT2D eigenvalue weighted by Crippen LogP contribution is -2.46. The van der Waals surface area contributed by atoms with Crippen molar-refractivity contribution in [1.82, 2.24) is 10.2 Å². The molecule has 0 unspecified atom stereocenters. The Balaban J connectivity index is 1.80. The third-order valence-corrected chi connectivity index (χ3v) is 3.84. The van der Waals surface area contributed by atoms with Gasteiger partial charge in [0.1, 0.15) is 12.4 Å². The molecule has 0 saturated carbocycles. The van der Waals surface area contributed by atoms with Crippen LogP contribution in [0.4, 0.5) is 4.79 Å². The van der Waals surface area contributed by atoms with Crippen molar-refractivity contribution in [2.45, 2.75) is 25.8 Å². The Morgan fingerprint density at radius 2 is 1.96 bits per heavy atom. The largest absolute Gasteiger partial charge is 0.490 e. The lowest BCUT2D eigenvalue weighted by molar-refractivity contribution is 0.0860. The van der Waals surface area contributed by atoms with Crippen molar-refractivity contribution in [2.75, 3.05) is 26.3 Å². The number of rotatable bonds is 6. The molecule has 1 aliphatic rings. The zero-order valence-corrected chi connectivity index (χ0v) is 14.0. The molecule has 130 valence electrons. The first kappa shape index (κ1) is 17.8. The van der Waals surface area contributed by atoms with Crippen molar-refractivity contribution in [1.29, 1.82) is 0 Å². The molecule has 0 spiro atoms. The average Bonchev–Trinajstić information content (AvgIpc) is 2.61. The van der Waals surface area contributed by atoms with Crippen molar-refractivity contribution in [3.05, 3.63) is 42.5 Å². The fraction of sp³-hybridized carbons (Fsp3) is 0.444. The van der Waals surface area contributed by atoms with Crippen molar-refractivity contribution < 1.29 is 19.1 Å². The predicted molar refractivity (Wildman–Crippen MR) is 91.2 cm³/mol. The van der Waals surface area contributed by atoms with Gasteiger partial charge in [0, 0.05) is 24.7 Å². The van der Waals surface area contributed by atoms with E-state index < -0.39 is 0 Å². The van der Waals surface area contributed by atoms with Gasteiger partial charge in [0.15, 0.2) is 0 Å². The SMILES string of the molecule is C=CCOc1ccc(C(=O)NC2CCN(C(=O)OCC)CC2)cc1. The smallest absolute Gasteiger partial charge is 0.409 e. The molecule has 1 aromatic rings. The van der Waals surface area contributed by atoms with Crippen LogP contribution < -0.4 is 10.1 Å². The summed E-state index contributed by atoms with van der Waals surface area (Å²) in [5.41, 5.74) is 0.591. The van der Waals surface area contributed by atoms with Crippen LogP contribution in [0.5, 0.6) is 5.75 Å². The highest BCUT2D eigenvalue weighted by atomic mass is 16.6. The summed E-state index contributed by atoms with van der Waals surface area (Å²) in [6, 6.07) is 7.08. The molecule has 24 heavy (non-hydrogen) atoms. The molecule has 1 aromatic carbocycles. The van der Waals surface area contributed by atoms with Crippen LogP contribution >= 0.6 is 0 Å². The molecule has 0 atom stereocenters. The minimum atomic E-state index is -0.280. The topological polar surface area (TPSA) is 67.9 Å². The van der Waals surface area contributed by atoms with Gasteiger partial charge in [0.05, 0.1) is 6.61 Å². The average molecular weight is 332 g/mol. The first-order chi connectivity index (χ1) is 11.6. The minimum Gasteiger partial charge on any atom is -0.490 e. The Labute approximate surface area is 142 Å². The van der Waals surface area contributed by atoms with Gasteiger partial charge in [-0.1, -0.05) is 12.7 Å². The van der Waals surface area contributed by atoms with Crippen molar-refractivity contribution in [3.63, 3.8) is 0 Å². The molecule has 0 aromatic heterocycles. The van der Waals surface area contributed by atoms with E-state index in [2.05, 4.69) is 11.9 Å². The zero-order chi connectivity index (χ0) is 17.4. The second kappa shape index (κ2) is 8.96. The summed E-state index contributed by atoms with van der Waals surface area (Å²) in [6.45, 7) is 7.38. The van der Waals surface area contributed by atoms with E-state index in [0.717, 1.165) is 12.8 Å². The fourth-order valence-electron chi connectivity index (χ4n) is 2.55. The highest BCUT2D eigenvalue weighted by molar-refractivity contribution is 5.94. The molecule has 0 bridgehead atoms. The Bertz CT molecular complexity index is 563. The van der Waals surface area contributed by atoms with E-state index in [0.29, 0.717) is 37.6 Å². The maximum Gasteiger partial charge on any atom is 0.409 e. The van der Waals surface area contributed by atoms with Gasteiger partial charge in [-0.05, 0) is 44.0 Å². The van der Waals surface area contributed by atoms with Gasteiger partial charge < -0.3 is 19.7 Å². The monoisotopic (exact) mass is 332 g/mol. The molecule has 1 fully saturated rings. The third-order valence-electron chi connectivity index (χ3n) is 3.84. The van der Waals surface area contributed by atoms with Crippen molar-refractivity contribution in [3.8, 4) is 5.75 Å².